The van der Waals surface area contributed by atoms with Crippen LogP contribution in [-0.2, 0) is 20.7 Å². The normalized spacial score (nSPS) is 20.3. The van der Waals surface area contributed by atoms with Gasteiger partial charge in [-0.15, -0.1) is 0 Å². The average molecular weight is 383 g/mol. The van der Waals surface area contributed by atoms with Crippen LogP contribution in [0.3, 0.4) is 0 Å². The fourth-order valence-corrected chi connectivity index (χ4v) is 3.51. The molecule has 0 fully saturated rings. The van der Waals surface area contributed by atoms with Crippen molar-refractivity contribution in [3.05, 3.63) is 59.7 Å². The number of carbonyl (C=O) groups excluding carboxylic acids is 1. The Morgan fingerprint density at radius 3 is 2.82 bits per heavy atom. The largest absolute Gasteiger partial charge is 0.486 e. The van der Waals surface area contributed by atoms with Gasteiger partial charge in [0.15, 0.2) is 17.6 Å². The van der Waals surface area contributed by atoms with Gasteiger partial charge >= 0.3 is 0 Å². The van der Waals surface area contributed by atoms with Crippen molar-refractivity contribution in [3.63, 3.8) is 0 Å². The van der Waals surface area contributed by atoms with E-state index in [0.29, 0.717) is 32.1 Å². The first-order valence-corrected chi connectivity index (χ1v) is 9.60. The van der Waals surface area contributed by atoms with Crippen molar-refractivity contribution in [2.75, 3.05) is 40.0 Å². The standard InChI is InChI=1S/C22H25NO5/c1-23(12-21-18-7-3-2-6-16(18)10-11-26-21)22(24)15-25-13-17-14-27-19-8-4-5-9-20(19)28-17/h2-9,17,21H,10-15H2,1H3/t17-,21-/m1/s1. The second-order valence-corrected chi connectivity index (χ2v) is 7.10. The summed E-state index contributed by atoms with van der Waals surface area (Å²) in [7, 11) is 1.78. The number of benzene rings is 2. The van der Waals surface area contributed by atoms with Gasteiger partial charge in [-0.25, -0.2) is 0 Å². The van der Waals surface area contributed by atoms with Crippen LogP contribution in [0.2, 0.25) is 0 Å². The van der Waals surface area contributed by atoms with Crippen LogP contribution in [0.4, 0.5) is 0 Å². The third-order valence-electron chi connectivity index (χ3n) is 5.05. The predicted molar refractivity (Wildman–Crippen MR) is 104 cm³/mol. The highest BCUT2D eigenvalue weighted by Gasteiger charge is 2.24. The second-order valence-electron chi connectivity index (χ2n) is 7.10. The lowest BCUT2D eigenvalue weighted by molar-refractivity contribution is -0.138. The minimum absolute atomic E-state index is 0.00632. The summed E-state index contributed by atoms with van der Waals surface area (Å²) in [6, 6.07) is 15.8. The van der Waals surface area contributed by atoms with E-state index < -0.39 is 0 Å². The van der Waals surface area contributed by atoms with E-state index in [4.69, 9.17) is 18.9 Å². The third-order valence-corrected chi connectivity index (χ3v) is 5.05. The van der Waals surface area contributed by atoms with Crippen LogP contribution in [0.5, 0.6) is 11.5 Å². The summed E-state index contributed by atoms with van der Waals surface area (Å²) in [6.07, 6.45) is 0.604. The molecule has 2 atom stereocenters. The first kappa shape index (κ1) is 18.8. The van der Waals surface area contributed by atoms with Gasteiger partial charge in [0.1, 0.15) is 19.3 Å². The molecule has 0 bridgehead atoms. The highest BCUT2D eigenvalue weighted by Crippen LogP contribution is 2.31. The second kappa shape index (κ2) is 8.63. The fraction of sp³-hybridized carbons (Fsp3) is 0.409. The zero-order chi connectivity index (χ0) is 19.3. The molecule has 6 heteroatoms. The van der Waals surface area contributed by atoms with Crippen LogP contribution in [0.1, 0.15) is 17.2 Å². The molecule has 2 aromatic rings. The number of para-hydroxylation sites is 2. The van der Waals surface area contributed by atoms with Crippen LogP contribution in [0.15, 0.2) is 48.5 Å². The molecule has 0 aromatic heterocycles. The lowest BCUT2D eigenvalue weighted by Crippen LogP contribution is -2.38. The molecule has 28 heavy (non-hydrogen) atoms. The molecule has 0 radical (unpaired) electrons. The van der Waals surface area contributed by atoms with E-state index in [1.807, 2.05) is 36.4 Å². The van der Waals surface area contributed by atoms with Gasteiger partial charge in [-0.05, 0) is 29.7 Å². The Kier molecular flexibility index (Phi) is 5.78. The number of carbonyl (C=O) groups is 1. The molecule has 4 rings (SSSR count). The van der Waals surface area contributed by atoms with E-state index >= 15 is 0 Å². The zero-order valence-electron chi connectivity index (χ0n) is 16.0. The molecule has 1 amide bonds. The zero-order valence-corrected chi connectivity index (χ0v) is 16.0. The van der Waals surface area contributed by atoms with E-state index in [1.54, 1.807) is 11.9 Å². The maximum atomic E-state index is 12.4. The van der Waals surface area contributed by atoms with Gasteiger partial charge < -0.3 is 23.8 Å². The van der Waals surface area contributed by atoms with Crippen LogP contribution in [0.25, 0.3) is 0 Å². The summed E-state index contributed by atoms with van der Waals surface area (Å²) in [4.78, 5) is 14.1. The maximum absolute atomic E-state index is 12.4. The smallest absolute Gasteiger partial charge is 0.248 e. The summed E-state index contributed by atoms with van der Waals surface area (Å²) in [5, 5.41) is 0. The minimum atomic E-state index is -0.221. The molecule has 2 aliphatic rings. The first-order chi connectivity index (χ1) is 13.7. The fourth-order valence-electron chi connectivity index (χ4n) is 3.51. The summed E-state index contributed by atoms with van der Waals surface area (Å²) in [5.41, 5.74) is 2.46. The number of rotatable bonds is 6. The van der Waals surface area contributed by atoms with Crippen LogP contribution in [0, 0.1) is 0 Å². The Morgan fingerprint density at radius 2 is 1.93 bits per heavy atom. The molecule has 0 unspecified atom stereocenters. The average Bonchev–Trinajstić information content (AvgIpc) is 2.74. The number of amides is 1. The van der Waals surface area contributed by atoms with E-state index in [1.165, 1.54) is 11.1 Å². The number of hydrogen-bond acceptors (Lipinski definition) is 5. The molecule has 0 N–H and O–H groups in total. The van der Waals surface area contributed by atoms with Crippen LogP contribution < -0.4 is 9.47 Å². The van der Waals surface area contributed by atoms with Crippen molar-refractivity contribution in [1.29, 1.82) is 0 Å². The Labute approximate surface area is 165 Å². The number of ether oxygens (including phenoxy) is 4. The molecule has 0 aliphatic carbocycles. The van der Waals surface area contributed by atoms with E-state index in [2.05, 4.69) is 12.1 Å². The first-order valence-electron chi connectivity index (χ1n) is 9.60. The van der Waals surface area contributed by atoms with Crippen molar-refractivity contribution < 1.29 is 23.7 Å². The quantitative estimate of drug-likeness (QED) is 0.768. The minimum Gasteiger partial charge on any atom is -0.486 e. The molecule has 2 aromatic carbocycles. The molecular weight excluding hydrogens is 358 g/mol. The number of fused-ring (bicyclic) bond motifs is 2. The Balaban J connectivity index is 1.24. The molecule has 0 spiro atoms. The summed E-state index contributed by atoms with van der Waals surface area (Å²) in [6.45, 7) is 1.91. The molecule has 0 saturated heterocycles. The predicted octanol–water partition coefficient (Wildman–Crippen LogP) is 2.62. The van der Waals surface area contributed by atoms with Gasteiger partial charge in [0.2, 0.25) is 5.91 Å². The van der Waals surface area contributed by atoms with Crippen molar-refractivity contribution >= 4 is 5.91 Å². The van der Waals surface area contributed by atoms with E-state index in [9.17, 15) is 4.79 Å². The lowest BCUT2D eigenvalue weighted by Gasteiger charge is -2.30. The van der Waals surface area contributed by atoms with Crippen LogP contribution >= 0.6 is 0 Å². The topological polar surface area (TPSA) is 57.2 Å². The van der Waals surface area contributed by atoms with E-state index in [0.717, 1.165) is 12.2 Å². The van der Waals surface area contributed by atoms with Gasteiger partial charge in [-0.1, -0.05) is 36.4 Å². The SMILES string of the molecule is CN(C[C@H]1OCCc2ccccc21)C(=O)COC[C@@H]1COc2ccccc2O1. The number of hydrogen-bond donors (Lipinski definition) is 0. The molecule has 2 heterocycles. The summed E-state index contributed by atoms with van der Waals surface area (Å²) >= 11 is 0. The molecule has 148 valence electrons. The van der Waals surface area contributed by atoms with Crippen molar-refractivity contribution in [2.24, 2.45) is 0 Å². The highest BCUT2D eigenvalue weighted by molar-refractivity contribution is 5.77. The van der Waals surface area contributed by atoms with E-state index in [-0.39, 0.29) is 24.7 Å². The van der Waals surface area contributed by atoms with Gasteiger partial charge in [-0.3, -0.25) is 4.79 Å². The molecule has 0 saturated carbocycles. The summed E-state index contributed by atoms with van der Waals surface area (Å²) in [5.74, 6) is 1.37. The lowest BCUT2D eigenvalue weighted by atomic mass is 9.97. The number of nitrogens with zero attached hydrogens (tertiary/aromatic N) is 1. The third kappa shape index (κ3) is 4.29. The summed E-state index contributed by atoms with van der Waals surface area (Å²) < 4.78 is 23.0. The Bertz CT molecular complexity index is 824. The molecule has 2 aliphatic heterocycles. The Hall–Kier alpha value is -2.57. The van der Waals surface area contributed by atoms with Crippen molar-refractivity contribution in [3.8, 4) is 11.5 Å². The van der Waals surface area contributed by atoms with Crippen molar-refractivity contribution in [1.82, 2.24) is 4.90 Å². The van der Waals surface area contributed by atoms with Gasteiger partial charge in [0.25, 0.3) is 0 Å². The molecular formula is C22H25NO5. The Morgan fingerprint density at radius 1 is 1.14 bits per heavy atom. The monoisotopic (exact) mass is 383 g/mol. The maximum Gasteiger partial charge on any atom is 0.248 e. The molecule has 6 nitrogen and oxygen atoms in total. The van der Waals surface area contributed by atoms with Gasteiger partial charge in [0.05, 0.1) is 19.8 Å². The van der Waals surface area contributed by atoms with Crippen molar-refractivity contribution in [2.45, 2.75) is 18.6 Å². The van der Waals surface area contributed by atoms with Gasteiger partial charge in [-0.2, -0.15) is 0 Å². The van der Waals surface area contributed by atoms with Crippen LogP contribution in [-0.4, -0.2) is 56.9 Å². The highest BCUT2D eigenvalue weighted by atomic mass is 16.6. The van der Waals surface area contributed by atoms with Gasteiger partial charge in [0, 0.05) is 7.05 Å². The number of likely N-dealkylation sites (N-methyl/N-ethyl adjacent to an activating group) is 1.